The average Bonchev–Trinajstić information content (AvgIpc) is 3.03. The lowest BCUT2D eigenvalue weighted by molar-refractivity contribution is -0.137. The fourth-order valence-corrected chi connectivity index (χ4v) is 2.87. The molecule has 1 heterocycles. The van der Waals surface area contributed by atoms with Gasteiger partial charge in [0.2, 0.25) is 11.8 Å². The van der Waals surface area contributed by atoms with E-state index in [1.54, 1.807) is 24.3 Å². The molecule has 0 spiro atoms. The second-order valence-electron chi connectivity index (χ2n) is 6.13. The van der Waals surface area contributed by atoms with Gasteiger partial charge < -0.3 is 10.2 Å². The molecule has 0 radical (unpaired) electrons. The van der Waals surface area contributed by atoms with Crippen LogP contribution in [0.5, 0.6) is 0 Å². The van der Waals surface area contributed by atoms with Crippen LogP contribution in [0.3, 0.4) is 0 Å². The van der Waals surface area contributed by atoms with Crippen molar-refractivity contribution in [2.75, 3.05) is 16.8 Å². The Kier molecular flexibility index (Phi) is 4.86. The third-order valence-corrected chi connectivity index (χ3v) is 4.26. The summed E-state index contributed by atoms with van der Waals surface area (Å²) < 4.78 is 38.3. The normalized spacial score (nSPS) is 16.9. The molecule has 1 atom stereocenters. The Hall–Kier alpha value is -3.34. The lowest BCUT2D eigenvalue weighted by Gasteiger charge is -2.17. The van der Waals surface area contributed by atoms with Crippen LogP contribution in [-0.2, 0) is 15.8 Å². The molecule has 0 bridgehead atoms. The number of hydrogen-bond acceptors (Lipinski definition) is 3. The number of nitriles is 1. The van der Waals surface area contributed by atoms with Gasteiger partial charge in [-0.25, -0.2) is 0 Å². The molecule has 0 aromatic heterocycles. The first-order valence-corrected chi connectivity index (χ1v) is 8.06. The molecule has 138 valence electrons. The number of anilines is 2. The Bertz CT molecular complexity index is 917. The number of amides is 2. The van der Waals surface area contributed by atoms with E-state index in [4.69, 9.17) is 5.26 Å². The zero-order valence-corrected chi connectivity index (χ0v) is 14.0. The Balaban J connectivity index is 1.70. The SMILES string of the molecule is N#Cc1ccc(N2CC(C(=O)Nc3cccc(C(F)(F)F)c3)CC2=O)cc1. The van der Waals surface area contributed by atoms with Crippen LogP contribution in [0.25, 0.3) is 0 Å². The van der Waals surface area contributed by atoms with Gasteiger partial charge in [-0.2, -0.15) is 18.4 Å². The number of nitrogens with one attached hydrogen (secondary N) is 1. The summed E-state index contributed by atoms with van der Waals surface area (Å²) in [5.74, 6) is -1.45. The summed E-state index contributed by atoms with van der Waals surface area (Å²) in [6.07, 6.45) is -4.54. The molecular formula is C19H14F3N3O2. The van der Waals surface area contributed by atoms with E-state index in [9.17, 15) is 22.8 Å². The second kappa shape index (κ2) is 7.11. The van der Waals surface area contributed by atoms with Crippen LogP contribution in [0.2, 0.25) is 0 Å². The molecular weight excluding hydrogens is 359 g/mol. The third-order valence-electron chi connectivity index (χ3n) is 4.26. The van der Waals surface area contributed by atoms with Crippen LogP contribution in [0, 0.1) is 17.2 Å². The van der Waals surface area contributed by atoms with Gasteiger partial charge in [-0.1, -0.05) is 6.07 Å². The number of rotatable bonds is 3. The minimum atomic E-state index is -4.50. The number of nitrogens with zero attached hydrogens (tertiary/aromatic N) is 2. The maximum atomic E-state index is 12.8. The van der Waals surface area contributed by atoms with E-state index in [1.807, 2.05) is 6.07 Å². The maximum Gasteiger partial charge on any atom is 0.416 e. The zero-order valence-electron chi connectivity index (χ0n) is 14.0. The van der Waals surface area contributed by atoms with Gasteiger partial charge in [-0.3, -0.25) is 9.59 Å². The second-order valence-corrected chi connectivity index (χ2v) is 6.13. The molecule has 5 nitrogen and oxygen atoms in total. The number of halogens is 3. The van der Waals surface area contributed by atoms with Crippen molar-refractivity contribution in [3.05, 3.63) is 59.7 Å². The van der Waals surface area contributed by atoms with Gasteiger partial charge in [0.25, 0.3) is 0 Å². The lowest BCUT2D eigenvalue weighted by Crippen LogP contribution is -2.28. The first kappa shape index (κ1) is 18.5. The minimum absolute atomic E-state index is 0.0269. The van der Waals surface area contributed by atoms with Gasteiger partial charge >= 0.3 is 6.18 Å². The van der Waals surface area contributed by atoms with Gasteiger partial charge in [0, 0.05) is 24.3 Å². The molecule has 0 saturated carbocycles. The van der Waals surface area contributed by atoms with E-state index < -0.39 is 23.6 Å². The standard InChI is InChI=1S/C19H14F3N3O2/c20-19(21,22)14-2-1-3-15(9-14)24-18(27)13-8-17(26)25(11-13)16-6-4-12(10-23)5-7-16/h1-7,9,13H,8,11H2,(H,24,27). The Morgan fingerprint density at radius 2 is 1.89 bits per heavy atom. The van der Waals surface area contributed by atoms with Crippen molar-refractivity contribution < 1.29 is 22.8 Å². The topological polar surface area (TPSA) is 73.2 Å². The summed E-state index contributed by atoms with van der Waals surface area (Å²) in [5.41, 5.74) is 0.179. The molecule has 8 heteroatoms. The van der Waals surface area contributed by atoms with Crippen LogP contribution in [-0.4, -0.2) is 18.4 Å². The molecule has 2 amide bonds. The van der Waals surface area contributed by atoms with Crippen molar-refractivity contribution in [2.24, 2.45) is 5.92 Å². The fraction of sp³-hybridized carbons (Fsp3) is 0.211. The number of hydrogen-bond donors (Lipinski definition) is 1. The summed E-state index contributed by atoms with van der Waals surface area (Å²) in [6, 6.07) is 12.7. The first-order valence-electron chi connectivity index (χ1n) is 8.06. The number of alkyl halides is 3. The van der Waals surface area contributed by atoms with Crippen LogP contribution in [0.4, 0.5) is 24.5 Å². The highest BCUT2D eigenvalue weighted by atomic mass is 19.4. The predicted molar refractivity (Wildman–Crippen MR) is 91.7 cm³/mol. The molecule has 1 aliphatic rings. The smallest absolute Gasteiger partial charge is 0.326 e. The van der Waals surface area contributed by atoms with E-state index in [0.717, 1.165) is 12.1 Å². The van der Waals surface area contributed by atoms with E-state index in [2.05, 4.69) is 5.32 Å². The lowest BCUT2D eigenvalue weighted by atomic mass is 10.1. The van der Waals surface area contributed by atoms with Crippen molar-refractivity contribution >= 4 is 23.2 Å². The Morgan fingerprint density at radius 3 is 2.52 bits per heavy atom. The van der Waals surface area contributed by atoms with Gasteiger partial charge in [0.05, 0.1) is 23.1 Å². The number of benzene rings is 2. The van der Waals surface area contributed by atoms with Gasteiger partial charge in [0.15, 0.2) is 0 Å². The summed E-state index contributed by atoms with van der Waals surface area (Å²) in [5, 5.41) is 11.3. The predicted octanol–water partition coefficient (Wildman–Crippen LogP) is 3.57. The monoisotopic (exact) mass is 373 g/mol. The molecule has 1 N–H and O–H groups in total. The molecule has 2 aromatic carbocycles. The first-order chi connectivity index (χ1) is 12.8. The molecule has 1 saturated heterocycles. The van der Waals surface area contributed by atoms with Crippen molar-refractivity contribution in [2.45, 2.75) is 12.6 Å². The molecule has 1 aliphatic heterocycles. The Labute approximate surface area is 153 Å². The summed E-state index contributed by atoms with van der Waals surface area (Å²) >= 11 is 0. The molecule has 1 unspecified atom stereocenters. The molecule has 3 rings (SSSR count). The van der Waals surface area contributed by atoms with Crippen LogP contribution in [0.1, 0.15) is 17.5 Å². The average molecular weight is 373 g/mol. The largest absolute Gasteiger partial charge is 0.416 e. The highest BCUT2D eigenvalue weighted by Crippen LogP contribution is 2.31. The van der Waals surface area contributed by atoms with E-state index in [0.29, 0.717) is 11.3 Å². The van der Waals surface area contributed by atoms with Crippen LogP contribution in [0.15, 0.2) is 48.5 Å². The maximum absolute atomic E-state index is 12.8. The molecule has 2 aromatic rings. The minimum Gasteiger partial charge on any atom is -0.326 e. The summed E-state index contributed by atoms with van der Waals surface area (Å²) in [7, 11) is 0. The van der Waals surface area contributed by atoms with Crippen molar-refractivity contribution in [1.82, 2.24) is 0 Å². The summed E-state index contributed by atoms with van der Waals surface area (Å²) in [4.78, 5) is 26.0. The fourth-order valence-electron chi connectivity index (χ4n) is 2.87. The van der Waals surface area contributed by atoms with E-state index >= 15 is 0 Å². The molecule has 1 fully saturated rings. The Morgan fingerprint density at radius 1 is 1.19 bits per heavy atom. The van der Waals surface area contributed by atoms with Crippen molar-refractivity contribution in [1.29, 1.82) is 5.26 Å². The van der Waals surface area contributed by atoms with E-state index in [1.165, 1.54) is 17.0 Å². The zero-order chi connectivity index (χ0) is 19.6. The number of carbonyl (C=O) groups is 2. The summed E-state index contributed by atoms with van der Waals surface area (Å²) in [6.45, 7) is 0.121. The molecule has 27 heavy (non-hydrogen) atoms. The van der Waals surface area contributed by atoms with Crippen molar-refractivity contribution in [3.8, 4) is 6.07 Å². The van der Waals surface area contributed by atoms with Crippen LogP contribution >= 0.6 is 0 Å². The van der Waals surface area contributed by atoms with Crippen molar-refractivity contribution in [3.63, 3.8) is 0 Å². The quantitative estimate of drug-likeness (QED) is 0.894. The highest BCUT2D eigenvalue weighted by molar-refractivity contribution is 6.03. The van der Waals surface area contributed by atoms with Gasteiger partial charge in [0.1, 0.15) is 0 Å². The highest BCUT2D eigenvalue weighted by Gasteiger charge is 2.35. The third kappa shape index (κ3) is 4.08. The van der Waals surface area contributed by atoms with Crippen LogP contribution < -0.4 is 10.2 Å². The van der Waals surface area contributed by atoms with Gasteiger partial charge in [-0.05, 0) is 42.5 Å². The number of carbonyl (C=O) groups excluding carboxylic acids is 2. The molecule has 0 aliphatic carbocycles. The van der Waals surface area contributed by atoms with Gasteiger partial charge in [-0.15, -0.1) is 0 Å². The van der Waals surface area contributed by atoms with E-state index in [-0.39, 0.29) is 24.6 Å².